The first-order chi connectivity index (χ1) is 10.8. The molecule has 118 valence electrons. The molecule has 22 heavy (non-hydrogen) atoms. The standard InChI is InChI=1S/C20H27NO/c1-3-22-20(15-19-12-8-5-9-13-19)16-21-17(2)14-18-10-6-4-7-11-18/h4-13,17,20-21H,3,14-16H2,1-2H3. The van der Waals surface area contributed by atoms with Gasteiger partial charge in [-0.25, -0.2) is 0 Å². The molecule has 2 nitrogen and oxygen atoms in total. The smallest absolute Gasteiger partial charge is 0.0739 e. The minimum atomic E-state index is 0.227. The highest BCUT2D eigenvalue weighted by molar-refractivity contribution is 5.16. The molecule has 0 saturated heterocycles. The summed E-state index contributed by atoms with van der Waals surface area (Å²) in [6, 6.07) is 21.6. The van der Waals surface area contributed by atoms with E-state index in [1.807, 2.05) is 0 Å². The molecule has 0 saturated carbocycles. The van der Waals surface area contributed by atoms with Crippen LogP contribution >= 0.6 is 0 Å². The lowest BCUT2D eigenvalue weighted by atomic mass is 10.1. The van der Waals surface area contributed by atoms with Crippen LogP contribution in [0.3, 0.4) is 0 Å². The number of rotatable bonds is 9. The zero-order valence-corrected chi connectivity index (χ0v) is 13.7. The molecule has 2 atom stereocenters. The second-order valence-electron chi connectivity index (χ2n) is 5.77. The quantitative estimate of drug-likeness (QED) is 0.759. The molecule has 2 rings (SSSR count). The Morgan fingerprint density at radius 1 is 0.864 bits per heavy atom. The number of hydrogen-bond donors (Lipinski definition) is 1. The third-order valence-corrected chi connectivity index (χ3v) is 3.79. The van der Waals surface area contributed by atoms with Crippen molar-refractivity contribution in [2.45, 2.75) is 38.8 Å². The largest absolute Gasteiger partial charge is 0.377 e. The molecule has 2 unspecified atom stereocenters. The van der Waals surface area contributed by atoms with Gasteiger partial charge >= 0.3 is 0 Å². The molecule has 0 aliphatic heterocycles. The van der Waals surface area contributed by atoms with Crippen molar-refractivity contribution >= 4 is 0 Å². The van der Waals surface area contributed by atoms with Gasteiger partial charge in [-0.15, -0.1) is 0 Å². The Balaban J connectivity index is 1.80. The third kappa shape index (κ3) is 6.00. The summed E-state index contributed by atoms with van der Waals surface area (Å²) in [7, 11) is 0. The maximum absolute atomic E-state index is 5.88. The van der Waals surface area contributed by atoms with Crippen LogP contribution < -0.4 is 5.32 Å². The van der Waals surface area contributed by atoms with E-state index in [0.29, 0.717) is 6.04 Å². The van der Waals surface area contributed by atoms with Crippen LogP contribution in [0.5, 0.6) is 0 Å². The van der Waals surface area contributed by atoms with Crippen LogP contribution in [-0.2, 0) is 17.6 Å². The van der Waals surface area contributed by atoms with Crippen molar-refractivity contribution < 1.29 is 4.74 Å². The van der Waals surface area contributed by atoms with Crippen LogP contribution in [0.15, 0.2) is 60.7 Å². The molecule has 2 heteroatoms. The maximum atomic E-state index is 5.88. The minimum Gasteiger partial charge on any atom is -0.377 e. The van der Waals surface area contributed by atoms with E-state index < -0.39 is 0 Å². The van der Waals surface area contributed by atoms with Gasteiger partial charge in [0, 0.05) is 19.2 Å². The van der Waals surface area contributed by atoms with Crippen molar-refractivity contribution in [3.8, 4) is 0 Å². The van der Waals surface area contributed by atoms with E-state index in [-0.39, 0.29) is 6.10 Å². The lowest BCUT2D eigenvalue weighted by Crippen LogP contribution is -2.37. The fraction of sp³-hybridized carbons (Fsp3) is 0.400. The second kappa shape index (κ2) is 9.39. The van der Waals surface area contributed by atoms with Gasteiger partial charge in [0.1, 0.15) is 0 Å². The van der Waals surface area contributed by atoms with Gasteiger partial charge < -0.3 is 10.1 Å². The van der Waals surface area contributed by atoms with Gasteiger partial charge in [0.25, 0.3) is 0 Å². The van der Waals surface area contributed by atoms with Gasteiger partial charge in [-0.1, -0.05) is 60.7 Å². The van der Waals surface area contributed by atoms with Crippen molar-refractivity contribution in [2.75, 3.05) is 13.2 Å². The fourth-order valence-electron chi connectivity index (χ4n) is 2.68. The number of nitrogens with one attached hydrogen (secondary N) is 1. The average Bonchev–Trinajstić information content (AvgIpc) is 2.55. The Morgan fingerprint density at radius 3 is 1.95 bits per heavy atom. The molecule has 0 radical (unpaired) electrons. The van der Waals surface area contributed by atoms with Gasteiger partial charge in [0.15, 0.2) is 0 Å². The molecule has 0 aromatic heterocycles. The predicted molar refractivity (Wildman–Crippen MR) is 93.2 cm³/mol. The summed E-state index contributed by atoms with van der Waals surface area (Å²) in [5, 5.41) is 3.61. The summed E-state index contributed by atoms with van der Waals surface area (Å²) in [6.07, 6.45) is 2.23. The van der Waals surface area contributed by atoms with E-state index in [2.05, 4.69) is 79.8 Å². The Labute approximate surface area is 134 Å². The monoisotopic (exact) mass is 297 g/mol. The van der Waals surface area contributed by atoms with E-state index in [9.17, 15) is 0 Å². The molecule has 0 heterocycles. The lowest BCUT2D eigenvalue weighted by Gasteiger charge is -2.21. The molecule has 0 spiro atoms. The summed E-state index contributed by atoms with van der Waals surface area (Å²) < 4.78 is 5.88. The first kappa shape index (κ1) is 16.7. The summed E-state index contributed by atoms with van der Waals surface area (Å²) in [5.41, 5.74) is 2.71. The first-order valence-corrected chi connectivity index (χ1v) is 8.20. The van der Waals surface area contributed by atoms with Crippen molar-refractivity contribution in [1.29, 1.82) is 0 Å². The van der Waals surface area contributed by atoms with E-state index in [1.165, 1.54) is 11.1 Å². The number of ether oxygens (including phenoxy) is 1. The highest BCUT2D eigenvalue weighted by atomic mass is 16.5. The first-order valence-electron chi connectivity index (χ1n) is 8.20. The Hall–Kier alpha value is -1.64. The van der Waals surface area contributed by atoms with E-state index >= 15 is 0 Å². The summed E-state index contributed by atoms with van der Waals surface area (Å²) >= 11 is 0. The van der Waals surface area contributed by atoms with Crippen molar-refractivity contribution in [3.63, 3.8) is 0 Å². The van der Waals surface area contributed by atoms with Gasteiger partial charge in [-0.05, 0) is 37.8 Å². The lowest BCUT2D eigenvalue weighted by molar-refractivity contribution is 0.0614. The molecule has 0 amide bonds. The Bertz CT molecular complexity index is 512. The van der Waals surface area contributed by atoms with Gasteiger partial charge in [0.2, 0.25) is 0 Å². The molecule has 0 bridgehead atoms. The van der Waals surface area contributed by atoms with Crippen LogP contribution in [0.2, 0.25) is 0 Å². The van der Waals surface area contributed by atoms with Crippen LogP contribution in [0.1, 0.15) is 25.0 Å². The highest BCUT2D eigenvalue weighted by Crippen LogP contribution is 2.07. The van der Waals surface area contributed by atoms with E-state index in [4.69, 9.17) is 4.74 Å². The van der Waals surface area contributed by atoms with Crippen LogP contribution in [0, 0.1) is 0 Å². The topological polar surface area (TPSA) is 21.3 Å². The second-order valence-corrected chi connectivity index (χ2v) is 5.77. The minimum absolute atomic E-state index is 0.227. The van der Waals surface area contributed by atoms with Crippen molar-refractivity contribution in [1.82, 2.24) is 5.32 Å². The normalized spacial score (nSPS) is 13.7. The van der Waals surface area contributed by atoms with Gasteiger partial charge in [-0.3, -0.25) is 0 Å². The maximum Gasteiger partial charge on any atom is 0.0739 e. The molecule has 1 N–H and O–H groups in total. The van der Waals surface area contributed by atoms with Gasteiger partial charge in [-0.2, -0.15) is 0 Å². The van der Waals surface area contributed by atoms with Crippen LogP contribution in [0.25, 0.3) is 0 Å². The molecular formula is C20H27NO. The molecule has 2 aromatic rings. The highest BCUT2D eigenvalue weighted by Gasteiger charge is 2.11. The van der Waals surface area contributed by atoms with Crippen molar-refractivity contribution in [3.05, 3.63) is 71.8 Å². The Morgan fingerprint density at radius 2 is 1.41 bits per heavy atom. The fourth-order valence-corrected chi connectivity index (χ4v) is 2.68. The van der Waals surface area contributed by atoms with Crippen molar-refractivity contribution in [2.24, 2.45) is 0 Å². The summed E-state index contributed by atoms with van der Waals surface area (Å²) in [4.78, 5) is 0. The summed E-state index contributed by atoms with van der Waals surface area (Å²) in [5.74, 6) is 0. The molecular weight excluding hydrogens is 270 g/mol. The zero-order valence-electron chi connectivity index (χ0n) is 13.7. The molecule has 0 fully saturated rings. The molecule has 2 aromatic carbocycles. The Kier molecular flexibility index (Phi) is 7.14. The zero-order chi connectivity index (χ0) is 15.6. The predicted octanol–water partition coefficient (Wildman–Crippen LogP) is 3.86. The van der Waals surface area contributed by atoms with Gasteiger partial charge in [0.05, 0.1) is 6.10 Å². The van der Waals surface area contributed by atoms with Crippen LogP contribution in [-0.4, -0.2) is 25.3 Å². The van der Waals surface area contributed by atoms with Crippen LogP contribution in [0.4, 0.5) is 0 Å². The SMILES string of the molecule is CCOC(CNC(C)Cc1ccccc1)Cc1ccccc1. The van der Waals surface area contributed by atoms with E-state index in [0.717, 1.165) is 26.0 Å². The number of hydrogen-bond acceptors (Lipinski definition) is 2. The molecule has 0 aliphatic rings. The summed E-state index contributed by atoms with van der Waals surface area (Å²) in [6.45, 7) is 5.94. The number of benzene rings is 2. The third-order valence-electron chi connectivity index (χ3n) is 3.79. The van der Waals surface area contributed by atoms with E-state index in [1.54, 1.807) is 0 Å². The molecule has 0 aliphatic carbocycles. The average molecular weight is 297 g/mol.